The highest BCUT2D eigenvalue weighted by Gasteiger charge is 2.30. The minimum Gasteiger partial charge on any atom is -0.446 e. The van der Waals surface area contributed by atoms with Crippen LogP contribution in [0.2, 0.25) is 0 Å². The molecule has 0 saturated carbocycles. The Morgan fingerprint density at radius 1 is 1.26 bits per heavy atom. The van der Waals surface area contributed by atoms with E-state index in [1.807, 2.05) is 6.92 Å². The Balaban J connectivity index is 2.00. The molecule has 23 heavy (non-hydrogen) atoms. The third-order valence-electron chi connectivity index (χ3n) is 3.82. The molecule has 128 valence electrons. The van der Waals surface area contributed by atoms with Crippen molar-refractivity contribution < 1.29 is 17.9 Å². The van der Waals surface area contributed by atoms with Crippen molar-refractivity contribution in [1.82, 2.24) is 10.0 Å². The highest BCUT2D eigenvalue weighted by molar-refractivity contribution is 7.89. The molecule has 1 fully saturated rings. The average Bonchev–Trinajstić information content (AvgIpc) is 2.47. The fourth-order valence-electron chi connectivity index (χ4n) is 2.55. The van der Waals surface area contributed by atoms with Crippen LogP contribution in [0.3, 0.4) is 0 Å². The molecule has 0 radical (unpaired) electrons. The number of alkyl carbamates (subject to hydrolysis) is 1. The van der Waals surface area contributed by atoms with Crippen LogP contribution < -0.4 is 10.0 Å². The number of aryl methyl sites for hydroxylation is 1. The number of benzene rings is 1. The Labute approximate surface area is 137 Å². The Kier molecular flexibility index (Phi) is 6.01. The molecule has 1 amide bonds. The largest absolute Gasteiger partial charge is 0.446 e. The molecule has 1 aliphatic heterocycles. The molecule has 7 heteroatoms. The molecule has 6 nitrogen and oxygen atoms in total. The number of ether oxygens (including phenoxy) is 1. The van der Waals surface area contributed by atoms with Crippen molar-refractivity contribution in [2.75, 3.05) is 0 Å². The minimum absolute atomic E-state index is 0.186. The standard InChI is InChI=1S/C16H24N2O4S/c1-3-4-5-6-13-11-15(17-16(19)22-13)18-23(20,21)14-9-7-12(2)8-10-14/h7-10,13,15,18H,3-6,11H2,1-2H3,(H,17,19)/t13-,15-/m1/s1. The molecule has 1 aromatic rings. The lowest BCUT2D eigenvalue weighted by Crippen LogP contribution is -2.54. The zero-order chi connectivity index (χ0) is 16.9. The Hall–Kier alpha value is -1.60. The number of rotatable bonds is 7. The maximum absolute atomic E-state index is 12.4. The predicted molar refractivity (Wildman–Crippen MR) is 87.5 cm³/mol. The zero-order valence-electron chi connectivity index (χ0n) is 13.5. The van der Waals surface area contributed by atoms with Gasteiger partial charge in [0.15, 0.2) is 0 Å². The van der Waals surface area contributed by atoms with Crippen molar-refractivity contribution in [3.8, 4) is 0 Å². The van der Waals surface area contributed by atoms with Crippen LogP contribution in [0.1, 0.15) is 44.6 Å². The molecule has 1 heterocycles. The van der Waals surface area contributed by atoms with Gasteiger partial charge < -0.3 is 10.1 Å². The third-order valence-corrected chi connectivity index (χ3v) is 5.31. The SMILES string of the molecule is CCCCC[C@@H]1C[C@@H](NS(=O)(=O)c2ccc(C)cc2)NC(=O)O1. The van der Waals surface area contributed by atoms with E-state index >= 15 is 0 Å². The second-order valence-corrected chi connectivity index (χ2v) is 7.60. The average molecular weight is 340 g/mol. The van der Waals surface area contributed by atoms with Crippen LogP contribution in [0.5, 0.6) is 0 Å². The van der Waals surface area contributed by atoms with Gasteiger partial charge in [0.05, 0.1) is 4.90 Å². The molecular weight excluding hydrogens is 316 g/mol. The number of hydrogen-bond acceptors (Lipinski definition) is 4. The molecule has 2 rings (SSSR count). The number of amides is 1. The first-order valence-electron chi connectivity index (χ1n) is 7.97. The first-order chi connectivity index (χ1) is 10.9. The van der Waals surface area contributed by atoms with E-state index in [0.29, 0.717) is 6.42 Å². The summed E-state index contributed by atoms with van der Waals surface area (Å²) < 4.78 is 32.5. The number of hydrogen-bond donors (Lipinski definition) is 2. The number of unbranched alkanes of at least 4 members (excludes halogenated alkanes) is 2. The van der Waals surface area contributed by atoms with E-state index in [1.54, 1.807) is 24.3 Å². The highest BCUT2D eigenvalue weighted by atomic mass is 32.2. The van der Waals surface area contributed by atoms with E-state index in [2.05, 4.69) is 17.0 Å². The first-order valence-corrected chi connectivity index (χ1v) is 9.45. The van der Waals surface area contributed by atoms with Crippen LogP contribution in [-0.4, -0.2) is 26.8 Å². The maximum atomic E-state index is 12.4. The number of sulfonamides is 1. The van der Waals surface area contributed by atoms with Gasteiger partial charge in [-0.05, 0) is 31.9 Å². The topological polar surface area (TPSA) is 84.5 Å². The Bertz CT molecular complexity index is 628. The van der Waals surface area contributed by atoms with Crippen LogP contribution in [0.25, 0.3) is 0 Å². The lowest BCUT2D eigenvalue weighted by molar-refractivity contribution is 0.0513. The molecule has 1 aliphatic rings. The molecule has 0 aliphatic carbocycles. The van der Waals surface area contributed by atoms with Crippen LogP contribution >= 0.6 is 0 Å². The van der Waals surface area contributed by atoms with Crippen molar-refractivity contribution in [2.45, 2.75) is 63.1 Å². The summed E-state index contributed by atoms with van der Waals surface area (Å²) in [5.41, 5.74) is 0.985. The molecule has 1 aromatic carbocycles. The van der Waals surface area contributed by atoms with Gasteiger partial charge in [-0.15, -0.1) is 0 Å². The number of carbonyl (C=O) groups is 1. The van der Waals surface area contributed by atoms with E-state index in [0.717, 1.165) is 31.2 Å². The molecule has 0 bridgehead atoms. The van der Waals surface area contributed by atoms with Crippen molar-refractivity contribution in [2.24, 2.45) is 0 Å². The predicted octanol–water partition coefficient (Wildman–Crippen LogP) is 2.68. The quantitative estimate of drug-likeness (QED) is 0.747. The zero-order valence-corrected chi connectivity index (χ0v) is 14.4. The summed E-state index contributed by atoms with van der Waals surface area (Å²) in [6.45, 7) is 4.00. The van der Waals surface area contributed by atoms with Crippen molar-refractivity contribution in [1.29, 1.82) is 0 Å². The number of cyclic esters (lactones) is 1. The summed E-state index contributed by atoms with van der Waals surface area (Å²) in [5.74, 6) is 0. The van der Waals surface area contributed by atoms with Gasteiger partial charge in [0.1, 0.15) is 12.3 Å². The maximum Gasteiger partial charge on any atom is 0.408 e. The molecule has 0 aromatic heterocycles. The smallest absolute Gasteiger partial charge is 0.408 e. The molecule has 1 saturated heterocycles. The van der Waals surface area contributed by atoms with Crippen molar-refractivity contribution in [3.63, 3.8) is 0 Å². The number of nitrogens with one attached hydrogen (secondary N) is 2. The summed E-state index contributed by atoms with van der Waals surface area (Å²) in [7, 11) is -3.67. The lowest BCUT2D eigenvalue weighted by Gasteiger charge is -2.30. The van der Waals surface area contributed by atoms with E-state index in [4.69, 9.17) is 4.74 Å². The van der Waals surface area contributed by atoms with Gasteiger partial charge in [-0.25, -0.2) is 13.2 Å². The highest BCUT2D eigenvalue weighted by Crippen LogP contribution is 2.18. The molecule has 2 N–H and O–H groups in total. The lowest BCUT2D eigenvalue weighted by atomic mass is 10.1. The van der Waals surface area contributed by atoms with Gasteiger partial charge in [0, 0.05) is 6.42 Å². The fourth-order valence-corrected chi connectivity index (χ4v) is 3.71. The van der Waals surface area contributed by atoms with E-state index in [1.165, 1.54) is 0 Å². The molecular formula is C16H24N2O4S. The Morgan fingerprint density at radius 2 is 1.96 bits per heavy atom. The van der Waals surface area contributed by atoms with Crippen molar-refractivity contribution >= 4 is 16.1 Å². The van der Waals surface area contributed by atoms with Gasteiger partial charge in [-0.2, -0.15) is 4.72 Å². The Morgan fingerprint density at radius 3 is 2.61 bits per heavy atom. The van der Waals surface area contributed by atoms with Crippen molar-refractivity contribution in [3.05, 3.63) is 29.8 Å². The number of carbonyl (C=O) groups excluding carboxylic acids is 1. The summed E-state index contributed by atoms with van der Waals surface area (Å²) in [6.07, 6.45) is 2.84. The van der Waals surface area contributed by atoms with Gasteiger partial charge in [0.25, 0.3) is 0 Å². The summed E-state index contributed by atoms with van der Waals surface area (Å²) in [5, 5.41) is 2.52. The summed E-state index contributed by atoms with van der Waals surface area (Å²) >= 11 is 0. The van der Waals surface area contributed by atoms with E-state index in [-0.39, 0.29) is 11.0 Å². The molecule has 0 unspecified atom stereocenters. The summed E-state index contributed by atoms with van der Waals surface area (Å²) in [4.78, 5) is 11.8. The van der Waals surface area contributed by atoms with Gasteiger partial charge in [-0.3, -0.25) is 0 Å². The van der Waals surface area contributed by atoms with Gasteiger partial charge >= 0.3 is 6.09 Å². The normalized spacial score (nSPS) is 21.6. The van der Waals surface area contributed by atoms with Crippen LogP contribution in [0, 0.1) is 6.92 Å². The minimum atomic E-state index is -3.67. The molecule has 0 spiro atoms. The van der Waals surface area contributed by atoms with Crippen LogP contribution in [0.15, 0.2) is 29.2 Å². The van der Waals surface area contributed by atoms with Crippen LogP contribution in [-0.2, 0) is 14.8 Å². The van der Waals surface area contributed by atoms with Crippen LogP contribution in [0.4, 0.5) is 4.79 Å². The van der Waals surface area contributed by atoms with Gasteiger partial charge in [-0.1, -0.05) is 37.5 Å². The third kappa shape index (κ3) is 5.21. The molecule has 2 atom stereocenters. The monoisotopic (exact) mass is 340 g/mol. The second-order valence-electron chi connectivity index (χ2n) is 5.89. The van der Waals surface area contributed by atoms with E-state index in [9.17, 15) is 13.2 Å². The second kappa shape index (κ2) is 7.79. The first kappa shape index (κ1) is 17.7. The van der Waals surface area contributed by atoms with E-state index < -0.39 is 22.3 Å². The summed E-state index contributed by atoms with van der Waals surface area (Å²) in [6, 6.07) is 6.59. The fraction of sp³-hybridized carbons (Fsp3) is 0.562. The van der Waals surface area contributed by atoms with Gasteiger partial charge in [0.2, 0.25) is 10.0 Å².